The molecule has 10 nitrogen and oxygen atoms in total. The number of carboxylic acid groups (broad SMARTS) is 1. The average Bonchev–Trinajstić information content (AvgIpc) is 2.82. The van der Waals surface area contributed by atoms with Crippen LogP contribution in [0.3, 0.4) is 0 Å². The van der Waals surface area contributed by atoms with Crippen LogP contribution in [-0.2, 0) is 41.7 Å². The highest BCUT2D eigenvalue weighted by Gasteiger charge is 2.22. The number of hydrogen-bond donors (Lipinski definition) is 2. The summed E-state index contributed by atoms with van der Waals surface area (Å²) in [5.74, 6) is -2.29. The molecule has 0 unspecified atom stereocenters. The minimum atomic E-state index is -1.14. The van der Waals surface area contributed by atoms with Crippen molar-refractivity contribution in [2.24, 2.45) is 5.92 Å². The van der Waals surface area contributed by atoms with Crippen molar-refractivity contribution >= 4 is 29.4 Å². The number of carbonyl (C=O) groups excluding carboxylic acids is 4. The number of ether oxygens (including phenoxy) is 1. The molecule has 0 fully saturated rings. The molecule has 0 saturated heterocycles. The van der Waals surface area contributed by atoms with Crippen molar-refractivity contribution in [1.29, 1.82) is 0 Å². The molecular formula is C27H38N2O8. The summed E-state index contributed by atoms with van der Waals surface area (Å²) in [4.78, 5) is 72.6. The number of nitrogens with one attached hydrogen (secondary N) is 1. The van der Waals surface area contributed by atoms with Crippen molar-refractivity contribution < 1.29 is 33.8 Å². The van der Waals surface area contributed by atoms with Gasteiger partial charge < -0.3 is 19.7 Å². The van der Waals surface area contributed by atoms with Gasteiger partial charge in [0.05, 0.1) is 25.6 Å². The molecule has 1 heterocycles. The van der Waals surface area contributed by atoms with Gasteiger partial charge in [0.2, 0.25) is 5.91 Å². The number of hydrogen-bond acceptors (Lipinski definition) is 7. The first-order valence-corrected chi connectivity index (χ1v) is 12.6. The van der Waals surface area contributed by atoms with Crippen LogP contribution in [-0.4, -0.2) is 51.7 Å². The fourth-order valence-corrected chi connectivity index (χ4v) is 3.57. The number of Topliss-reactive ketones (excluding diaryl/α,β-unsaturated/α-hetero) is 2. The number of carboxylic acids is 1. The predicted molar refractivity (Wildman–Crippen MR) is 137 cm³/mol. The standard InChI is InChI=1S/C27H38N2O8/c1-4-37-26(35)13-6-5-12-22(28-24(32)14-15-25(33)34)23(31)17-20-10-8-16-29(27(20)36)18-21(30)11-7-9-19(2)3/h6,8,10,13,16,19,22H,4-5,7,9,11-12,14-15,17-18H2,1-3H3,(H,28,32)(H,33,34)/b13-6+/t22-/m0/s1. The van der Waals surface area contributed by atoms with Gasteiger partial charge in [-0.1, -0.05) is 32.4 Å². The third kappa shape index (κ3) is 13.4. The molecule has 1 aromatic heterocycles. The maximum Gasteiger partial charge on any atom is 0.330 e. The van der Waals surface area contributed by atoms with Crippen LogP contribution in [0, 0.1) is 5.92 Å². The van der Waals surface area contributed by atoms with Crippen LogP contribution in [0.1, 0.15) is 71.3 Å². The van der Waals surface area contributed by atoms with Crippen LogP contribution in [0.25, 0.3) is 0 Å². The molecule has 2 N–H and O–H groups in total. The van der Waals surface area contributed by atoms with Gasteiger partial charge in [-0.25, -0.2) is 4.79 Å². The average molecular weight is 519 g/mol. The Morgan fingerprint density at radius 2 is 1.84 bits per heavy atom. The second-order valence-electron chi connectivity index (χ2n) is 9.18. The predicted octanol–water partition coefficient (Wildman–Crippen LogP) is 2.60. The number of pyridine rings is 1. The van der Waals surface area contributed by atoms with E-state index in [-0.39, 0.29) is 56.6 Å². The number of aliphatic carboxylic acids is 1. The van der Waals surface area contributed by atoms with Crippen LogP contribution in [0.15, 0.2) is 35.3 Å². The Balaban J connectivity index is 2.90. The van der Waals surface area contributed by atoms with E-state index in [2.05, 4.69) is 19.2 Å². The minimum absolute atomic E-state index is 0.0665. The Hall–Kier alpha value is -3.56. The lowest BCUT2D eigenvalue weighted by molar-refractivity contribution is -0.139. The van der Waals surface area contributed by atoms with Crippen LogP contribution < -0.4 is 10.9 Å². The van der Waals surface area contributed by atoms with Gasteiger partial charge in [-0.2, -0.15) is 0 Å². The van der Waals surface area contributed by atoms with E-state index < -0.39 is 35.2 Å². The molecule has 37 heavy (non-hydrogen) atoms. The summed E-state index contributed by atoms with van der Waals surface area (Å²) < 4.78 is 6.08. The Bertz CT molecular complexity index is 1030. The van der Waals surface area contributed by atoms with Crippen LogP contribution >= 0.6 is 0 Å². The van der Waals surface area contributed by atoms with E-state index in [0.717, 1.165) is 12.8 Å². The van der Waals surface area contributed by atoms with E-state index in [9.17, 15) is 28.8 Å². The number of esters is 1. The minimum Gasteiger partial charge on any atom is -0.481 e. The number of ketones is 2. The zero-order chi connectivity index (χ0) is 27.8. The maximum absolute atomic E-state index is 13.0. The largest absolute Gasteiger partial charge is 0.481 e. The molecule has 0 bridgehead atoms. The number of rotatable bonds is 18. The van der Waals surface area contributed by atoms with Crippen molar-refractivity contribution in [1.82, 2.24) is 9.88 Å². The van der Waals surface area contributed by atoms with Gasteiger partial charge in [0.1, 0.15) is 0 Å². The summed E-state index contributed by atoms with van der Waals surface area (Å²) >= 11 is 0. The molecule has 0 saturated carbocycles. The molecule has 10 heteroatoms. The topological polar surface area (TPSA) is 149 Å². The van der Waals surface area contributed by atoms with Gasteiger partial charge in [0.15, 0.2) is 11.6 Å². The molecule has 0 aliphatic carbocycles. The second-order valence-corrected chi connectivity index (χ2v) is 9.18. The van der Waals surface area contributed by atoms with Gasteiger partial charge in [-0.3, -0.25) is 24.0 Å². The molecule has 0 aliphatic rings. The monoisotopic (exact) mass is 518 g/mol. The summed E-state index contributed by atoms with van der Waals surface area (Å²) in [6, 6.07) is 2.11. The fourth-order valence-electron chi connectivity index (χ4n) is 3.57. The van der Waals surface area contributed by atoms with Crippen molar-refractivity contribution in [3.63, 3.8) is 0 Å². The highest BCUT2D eigenvalue weighted by atomic mass is 16.5. The first-order chi connectivity index (χ1) is 17.5. The normalized spacial score (nSPS) is 11.9. The summed E-state index contributed by atoms with van der Waals surface area (Å²) in [5.41, 5.74) is -0.263. The maximum atomic E-state index is 13.0. The van der Waals surface area contributed by atoms with E-state index in [1.165, 1.54) is 29.0 Å². The Morgan fingerprint density at radius 1 is 1.11 bits per heavy atom. The van der Waals surface area contributed by atoms with Crippen molar-refractivity contribution in [2.45, 2.75) is 84.7 Å². The SMILES string of the molecule is CCOC(=O)/C=C/CC[C@H](NC(=O)CCC(=O)O)C(=O)Cc1cccn(CC(=O)CCCC(C)C)c1=O. The second kappa shape index (κ2) is 17.0. The van der Waals surface area contributed by atoms with E-state index in [1.54, 1.807) is 13.0 Å². The Morgan fingerprint density at radius 3 is 2.49 bits per heavy atom. The highest BCUT2D eigenvalue weighted by molar-refractivity contribution is 5.91. The quantitative estimate of drug-likeness (QED) is 0.222. The zero-order valence-corrected chi connectivity index (χ0v) is 21.9. The van der Waals surface area contributed by atoms with Gasteiger partial charge >= 0.3 is 11.9 Å². The smallest absolute Gasteiger partial charge is 0.330 e. The van der Waals surface area contributed by atoms with Crippen LogP contribution in [0.2, 0.25) is 0 Å². The molecule has 0 radical (unpaired) electrons. The molecule has 1 aromatic rings. The number of allylic oxidation sites excluding steroid dienone is 1. The van der Waals surface area contributed by atoms with E-state index in [0.29, 0.717) is 12.3 Å². The van der Waals surface area contributed by atoms with Crippen molar-refractivity contribution in [3.8, 4) is 0 Å². The summed E-state index contributed by atoms with van der Waals surface area (Å²) in [6.07, 6.45) is 5.74. The van der Waals surface area contributed by atoms with Gasteiger partial charge in [-0.15, -0.1) is 0 Å². The molecule has 204 valence electrons. The first-order valence-electron chi connectivity index (χ1n) is 12.6. The summed E-state index contributed by atoms with van der Waals surface area (Å²) in [5, 5.41) is 11.3. The number of carbonyl (C=O) groups is 5. The Kier molecular flexibility index (Phi) is 14.5. The Labute approximate surface area is 217 Å². The lowest BCUT2D eigenvalue weighted by Crippen LogP contribution is -2.42. The molecule has 1 atom stereocenters. The third-order valence-electron chi connectivity index (χ3n) is 5.50. The fraction of sp³-hybridized carbons (Fsp3) is 0.556. The first kappa shape index (κ1) is 31.5. The molecule has 0 spiro atoms. The lowest BCUT2D eigenvalue weighted by atomic mass is 10.00. The zero-order valence-electron chi connectivity index (χ0n) is 21.9. The van der Waals surface area contributed by atoms with Crippen molar-refractivity contribution in [3.05, 3.63) is 46.4 Å². The number of aromatic nitrogens is 1. The van der Waals surface area contributed by atoms with E-state index in [1.807, 2.05) is 0 Å². The summed E-state index contributed by atoms with van der Waals surface area (Å²) in [6.45, 7) is 5.98. The molecule has 0 aromatic carbocycles. The number of nitrogens with zero attached hydrogens (tertiary/aromatic N) is 1. The van der Waals surface area contributed by atoms with E-state index >= 15 is 0 Å². The molecule has 1 rings (SSSR count). The van der Waals surface area contributed by atoms with Gasteiger partial charge in [-0.05, 0) is 38.2 Å². The van der Waals surface area contributed by atoms with Crippen molar-refractivity contribution in [2.75, 3.05) is 6.61 Å². The van der Waals surface area contributed by atoms with Gasteiger partial charge in [0, 0.05) is 37.1 Å². The number of amides is 1. The van der Waals surface area contributed by atoms with Gasteiger partial charge in [0.25, 0.3) is 5.56 Å². The molecule has 0 aliphatic heterocycles. The lowest BCUT2D eigenvalue weighted by Gasteiger charge is -2.17. The van der Waals surface area contributed by atoms with E-state index in [4.69, 9.17) is 9.84 Å². The highest BCUT2D eigenvalue weighted by Crippen LogP contribution is 2.08. The summed E-state index contributed by atoms with van der Waals surface area (Å²) in [7, 11) is 0. The van der Waals surface area contributed by atoms with Crippen LogP contribution in [0.5, 0.6) is 0 Å². The van der Waals surface area contributed by atoms with Crippen LogP contribution in [0.4, 0.5) is 0 Å². The molecule has 1 amide bonds. The third-order valence-corrected chi connectivity index (χ3v) is 5.50. The molecular weight excluding hydrogens is 480 g/mol.